The van der Waals surface area contributed by atoms with E-state index in [2.05, 4.69) is 0 Å². The number of hydrogen-bond donors (Lipinski definition) is 4. The Bertz CT molecular complexity index is 590. The average molecular weight is 401 g/mol. The number of ether oxygens (including phenoxy) is 2. The van der Waals surface area contributed by atoms with Gasteiger partial charge in [-0.2, -0.15) is 0 Å². The van der Waals surface area contributed by atoms with E-state index in [-0.39, 0.29) is 18.9 Å². The van der Waals surface area contributed by atoms with E-state index in [1.807, 2.05) is 4.90 Å². The molecule has 1 aliphatic heterocycles. The van der Waals surface area contributed by atoms with Crippen LogP contribution in [0.3, 0.4) is 0 Å². The van der Waals surface area contributed by atoms with Crippen molar-refractivity contribution in [3.8, 4) is 5.75 Å². The Morgan fingerprint density at radius 1 is 1.25 bits per heavy atom. The summed E-state index contributed by atoms with van der Waals surface area (Å²) in [6, 6.07) is 4.51. The lowest BCUT2D eigenvalue weighted by Gasteiger charge is -2.33. The topological polar surface area (TPSA) is 103 Å². The molecule has 0 aromatic heterocycles. The molecule has 0 amide bonds. The van der Waals surface area contributed by atoms with Crippen LogP contribution in [0.4, 0.5) is 4.39 Å². The Hall–Kier alpha value is -1.29. The first-order chi connectivity index (χ1) is 13.5. The predicted molar refractivity (Wildman–Crippen MR) is 102 cm³/mol. The molecule has 2 rings (SSSR count). The van der Waals surface area contributed by atoms with E-state index in [1.54, 1.807) is 12.1 Å². The molecule has 1 aliphatic rings. The van der Waals surface area contributed by atoms with E-state index in [9.17, 15) is 24.8 Å². The molecular weight excluding hydrogens is 369 g/mol. The second-order valence-electron chi connectivity index (χ2n) is 7.25. The number of aliphatic hydroxyl groups is 4. The van der Waals surface area contributed by atoms with Gasteiger partial charge in [-0.05, 0) is 37.6 Å². The van der Waals surface area contributed by atoms with Gasteiger partial charge in [-0.3, -0.25) is 4.90 Å². The summed E-state index contributed by atoms with van der Waals surface area (Å²) in [5.41, 5.74) is 0.441. The highest BCUT2D eigenvalue weighted by atomic mass is 19.1. The molecule has 1 aromatic carbocycles. The molecule has 0 spiro atoms. The molecule has 28 heavy (non-hydrogen) atoms. The van der Waals surface area contributed by atoms with Gasteiger partial charge in [0.2, 0.25) is 0 Å². The summed E-state index contributed by atoms with van der Waals surface area (Å²) in [6.45, 7) is 0.725. The number of halogens is 1. The van der Waals surface area contributed by atoms with Crippen molar-refractivity contribution in [2.75, 3.05) is 33.4 Å². The van der Waals surface area contributed by atoms with Crippen LogP contribution < -0.4 is 4.74 Å². The Morgan fingerprint density at radius 3 is 2.71 bits per heavy atom. The number of nitrogens with zero attached hydrogens (tertiary/aromatic N) is 1. The number of methoxy groups -OCH3 is 1. The third-order valence-electron chi connectivity index (χ3n) is 5.07. The molecule has 8 heteroatoms. The van der Waals surface area contributed by atoms with Crippen molar-refractivity contribution < 1.29 is 34.3 Å². The van der Waals surface area contributed by atoms with Crippen molar-refractivity contribution in [3.05, 3.63) is 29.6 Å². The summed E-state index contributed by atoms with van der Waals surface area (Å²) in [7, 11) is 1.51. The lowest BCUT2D eigenvalue weighted by Crippen LogP contribution is -2.51. The van der Waals surface area contributed by atoms with Crippen LogP contribution in [-0.2, 0) is 11.3 Å². The molecule has 7 nitrogen and oxygen atoms in total. The van der Waals surface area contributed by atoms with Gasteiger partial charge in [0.1, 0.15) is 29.9 Å². The SMILES string of the molecule is COc1ccc(F)c(CN2CCCCCCO[C@H]([C@H](O)CO)[C@H](O)[C@@H](O)C2)c1. The number of rotatable bonds is 5. The minimum Gasteiger partial charge on any atom is -0.497 e. The van der Waals surface area contributed by atoms with Crippen LogP contribution >= 0.6 is 0 Å². The van der Waals surface area contributed by atoms with Gasteiger partial charge in [0.05, 0.1) is 19.8 Å². The predicted octanol–water partition coefficient (Wildman–Crippen LogP) is 0.670. The van der Waals surface area contributed by atoms with Crippen molar-refractivity contribution in [1.29, 1.82) is 0 Å². The van der Waals surface area contributed by atoms with E-state index in [1.165, 1.54) is 13.2 Å². The highest BCUT2D eigenvalue weighted by Crippen LogP contribution is 2.20. The third kappa shape index (κ3) is 6.65. The van der Waals surface area contributed by atoms with Gasteiger partial charge in [0, 0.05) is 25.3 Å². The number of benzene rings is 1. The Labute approximate surface area is 165 Å². The first-order valence-electron chi connectivity index (χ1n) is 9.77. The number of hydrogen-bond acceptors (Lipinski definition) is 7. The summed E-state index contributed by atoms with van der Waals surface area (Å²) < 4.78 is 24.9. The maximum Gasteiger partial charge on any atom is 0.127 e. The lowest BCUT2D eigenvalue weighted by molar-refractivity contribution is -0.147. The quantitative estimate of drug-likeness (QED) is 0.575. The molecule has 1 saturated heterocycles. The normalized spacial score (nSPS) is 26.9. The second kappa shape index (κ2) is 11.6. The van der Waals surface area contributed by atoms with Crippen molar-refractivity contribution in [2.45, 2.75) is 56.6 Å². The van der Waals surface area contributed by atoms with Crippen molar-refractivity contribution in [1.82, 2.24) is 4.90 Å². The molecule has 0 saturated carbocycles. The van der Waals surface area contributed by atoms with Crippen LogP contribution in [0.15, 0.2) is 18.2 Å². The van der Waals surface area contributed by atoms with Crippen molar-refractivity contribution in [3.63, 3.8) is 0 Å². The zero-order valence-electron chi connectivity index (χ0n) is 16.3. The largest absolute Gasteiger partial charge is 0.497 e. The maximum absolute atomic E-state index is 14.2. The van der Waals surface area contributed by atoms with Gasteiger partial charge in [-0.1, -0.05) is 12.8 Å². The Balaban J connectivity index is 2.14. The van der Waals surface area contributed by atoms with E-state index in [0.717, 1.165) is 25.7 Å². The van der Waals surface area contributed by atoms with E-state index >= 15 is 0 Å². The average Bonchev–Trinajstić information content (AvgIpc) is 2.69. The molecule has 1 fully saturated rings. The van der Waals surface area contributed by atoms with Crippen molar-refractivity contribution >= 4 is 0 Å². The molecule has 0 radical (unpaired) electrons. The second-order valence-corrected chi connectivity index (χ2v) is 7.25. The van der Waals surface area contributed by atoms with Gasteiger partial charge < -0.3 is 29.9 Å². The third-order valence-corrected chi connectivity index (χ3v) is 5.07. The monoisotopic (exact) mass is 401 g/mol. The molecule has 4 atom stereocenters. The standard InChI is InChI=1S/C20H32FNO6/c1-27-15-6-7-16(21)14(10-15)11-22-8-4-2-3-5-9-28-20(18(25)13-23)19(26)17(24)12-22/h6-7,10,17-20,23-26H,2-5,8-9,11-13H2,1H3/t17-,18+,19+,20+/m0/s1. The Morgan fingerprint density at radius 2 is 2.00 bits per heavy atom. The van der Waals surface area contributed by atoms with Gasteiger partial charge >= 0.3 is 0 Å². The minimum atomic E-state index is -1.38. The highest BCUT2D eigenvalue weighted by molar-refractivity contribution is 5.29. The van der Waals surface area contributed by atoms with Gasteiger partial charge in [-0.25, -0.2) is 4.39 Å². The number of β-amino-alcohol motifs (C(OH)–C–C–N with tert-alkyl or cyclic N) is 1. The van der Waals surface area contributed by atoms with Crippen molar-refractivity contribution in [2.24, 2.45) is 0 Å². The van der Waals surface area contributed by atoms with Crippen LogP contribution in [0, 0.1) is 5.82 Å². The molecule has 160 valence electrons. The van der Waals surface area contributed by atoms with Gasteiger partial charge in [0.15, 0.2) is 0 Å². The van der Waals surface area contributed by atoms with Gasteiger partial charge in [-0.15, -0.1) is 0 Å². The molecule has 1 heterocycles. The molecular formula is C20H32FNO6. The minimum absolute atomic E-state index is 0.0792. The summed E-state index contributed by atoms with van der Waals surface area (Å²) in [5.74, 6) is 0.185. The fourth-order valence-corrected chi connectivity index (χ4v) is 3.42. The van der Waals surface area contributed by atoms with Crippen LogP contribution in [0.2, 0.25) is 0 Å². The first-order valence-corrected chi connectivity index (χ1v) is 9.77. The van der Waals surface area contributed by atoms with Crippen LogP contribution in [0.5, 0.6) is 5.75 Å². The van der Waals surface area contributed by atoms with Crippen LogP contribution in [0.25, 0.3) is 0 Å². The molecule has 0 bridgehead atoms. The van der Waals surface area contributed by atoms with E-state index in [0.29, 0.717) is 24.5 Å². The number of aliphatic hydroxyl groups excluding tert-OH is 4. The van der Waals surface area contributed by atoms with E-state index < -0.39 is 31.0 Å². The molecule has 0 aliphatic carbocycles. The van der Waals surface area contributed by atoms with E-state index in [4.69, 9.17) is 9.47 Å². The summed E-state index contributed by atoms with van der Waals surface area (Å²) in [4.78, 5) is 1.87. The lowest BCUT2D eigenvalue weighted by atomic mass is 10.0. The maximum atomic E-state index is 14.2. The molecule has 0 unspecified atom stereocenters. The van der Waals surface area contributed by atoms with Crippen LogP contribution in [-0.4, -0.2) is 83.2 Å². The summed E-state index contributed by atoms with van der Waals surface area (Å²) in [5, 5.41) is 40.2. The smallest absolute Gasteiger partial charge is 0.127 e. The fraction of sp³-hybridized carbons (Fsp3) is 0.700. The zero-order chi connectivity index (χ0) is 20.5. The highest BCUT2D eigenvalue weighted by Gasteiger charge is 2.33. The summed E-state index contributed by atoms with van der Waals surface area (Å²) in [6.07, 6.45) is -1.49. The van der Waals surface area contributed by atoms with Gasteiger partial charge in [0.25, 0.3) is 0 Å². The molecule has 4 N–H and O–H groups in total. The molecule has 1 aromatic rings. The van der Waals surface area contributed by atoms with Crippen LogP contribution in [0.1, 0.15) is 31.2 Å². The zero-order valence-corrected chi connectivity index (χ0v) is 16.3. The summed E-state index contributed by atoms with van der Waals surface area (Å²) >= 11 is 0. The first kappa shape index (κ1) is 23.0. The fourth-order valence-electron chi connectivity index (χ4n) is 3.42. The Kier molecular flexibility index (Phi) is 9.57.